The topological polar surface area (TPSA) is 91.2 Å². The Balaban J connectivity index is 1.67. The molecule has 0 radical (unpaired) electrons. The maximum atomic E-state index is 11.3. The number of carboxylic acid groups (broad SMARTS) is 1. The first kappa shape index (κ1) is 18.9. The Labute approximate surface area is 169 Å². The number of benzene rings is 1. The largest absolute Gasteiger partial charge is 0.480 e. The summed E-state index contributed by atoms with van der Waals surface area (Å²) in [5, 5.41) is 12.2. The highest BCUT2D eigenvalue weighted by atomic mass is 16.4. The van der Waals surface area contributed by atoms with E-state index < -0.39 is 12.0 Å². The second-order valence-electron chi connectivity index (χ2n) is 7.11. The zero-order chi connectivity index (χ0) is 20.2. The molecule has 1 atom stereocenters. The van der Waals surface area contributed by atoms with E-state index in [1.165, 1.54) is 11.1 Å². The number of fused-ring (bicyclic) bond motifs is 1. The van der Waals surface area contributed by atoms with Crippen molar-refractivity contribution < 1.29 is 9.90 Å². The van der Waals surface area contributed by atoms with E-state index in [0.717, 1.165) is 31.7 Å². The van der Waals surface area contributed by atoms with E-state index >= 15 is 0 Å². The van der Waals surface area contributed by atoms with E-state index in [9.17, 15) is 9.90 Å². The highest BCUT2D eigenvalue weighted by Crippen LogP contribution is 2.24. The van der Waals surface area contributed by atoms with Crippen LogP contribution in [-0.2, 0) is 17.6 Å². The van der Waals surface area contributed by atoms with Crippen LogP contribution in [0.25, 0.3) is 11.5 Å². The lowest BCUT2D eigenvalue weighted by Crippen LogP contribution is -2.29. The molecule has 1 aliphatic rings. The number of hydrogen-bond donors (Lipinski definition) is 2. The molecule has 1 aromatic carbocycles. The molecule has 0 spiro atoms. The Kier molecular flexibility index (Phi) is 5.37. The summed E-state index contributed by atoms with van der Waals surface area (Å²) in [4.78, 5) is 27.1. The van der Waals surface area contributed by atoms with Gasteiger partial charge in [0.2, 0.25) is 0 Å². The summed E-state index contributed by atoms with van der Waals surface area (Å²) >= 11 is 0. The van der Waals surface area contributed by atoms with E-state index in [2.05, 4.69) is 44.5 Å². The molecule has 2 N–H and O–H groups in total. The van der Waals surface area contributed by atoms with Gasteiger partial charge in [-0.25, -0.2) is 9.97 Å². The van der Waals surface area contributed by atoms with Crippen LogP contribution >= 0.6 is 0 Å². The van der Waals surface area contributed by atoms with Gasteiger partial charge in [0.25, 0.3) is 0 Å². The van der Waals surface area contributed by atoms with Crippen LogP contribution < -0.4 is 10.2 Å². The average molecular weight is 389 g/mol. The van der Waals surface area contributed by atoms with Gasteiger partial charge >= 0.3 is 5.97 Å². The van der Waals surface area contributed by atoms with E-state index in [1.807, 2.05) is 24.3 Å². The van der Waals surface area contributed by atoms with Gasteiger partial charge < -0.3 is 15.3 Å². The van der Waals surface area contributed by atoms with Crippen molar-refractivity contribution >= 4 is 17.6 Å². The normalized spacial score (nSPS) is 14.6. The molecule has 148 valence electrons. The molecule has 0 bridgehead atoms. The quantitative estimate of drug-likeness (QED) is 0.693. The number of pyridine rings is 1. The predicted octanol–water partition coefficient (Wildman–Crippen LogP) is 3.03. The average Bonchev–Trinajstić information content (AvgIpc) is 2.97. The minimum atomic E-state index is -0.935. The highest BCUT2D eigenvalue weighted by Gasteiger charge is 2.19. The van der Waals surface area contributed by atoms with Gasteiger partial charge in [0.05, 0.1) is 0 Å². The Morgan fingerprint density at radius 3 is 2.38 bits per heavy atom. The molecular weight excluding hydrogens is 366 g/mol. The van der Waals surface area contributed by atoms with Crippen molar-refractivity contribution in [3.8, 4) is 11.5 Å². The third-order valence-corrected chi connectivity index (χ3v) is 5.09. The van der Waals surface area contributed by atoms with Crippen molar-refractivity contribution in [3.63, 3.8) is 0 Å². The molecule has 3 heterocycles. The van der Waals surface area contributed by atoms with E-state index in [-0.39, 0.29) is 0 Å². The van der Waals surface area contributed by atoms with Gasteiger partial charge in [0.15, 0.2) is 5.82 Å². The van der Waals surface area contributed by atoms with Crippen LogP contribution in [0.15, 0.2) is 54.7 Å². The Morgan fingerprint density at radius 2 is 1.76 bits per heavy atom. The Morgan fingerprint density at radius 1 is 1.07 bits per heavy atom. The third kappa shape index (κ3) is 4.34. The van der Waals surface area contributed by atoms with Crippen molar-refractivity contribution in [1.82, 2.24) is 15.0 Å². The van der Waals surface area contributed by atoms with Gasteiger partial charge in [-0.15, -0.1) is 0 Å². The molecule has 29 heavy (non-hydrogen) atoms. The maximum Gasteiger partial charge on any atom is 0.325 e. The molecule has 0 fully saturated rings. The smallest absolute Gasteiger partial charge is 0.325 e. The van der Waals surface area contributed by atoms with E-state index in [4.69, 9.17) is 4.98 Å². The van der Waals surface area contributed by atoms with Gasteiger partial charge in [0, 0.05) is 25.4 Å². The first-order valence-electron chi connectivity index (χ1n) is 9.72. The molecule has 4 rings (SSSR count). The molecule has 7 nitrogen and oxygen atoms in total. The zero-order valence-electron chi connectivity index (χ0n) is 16.2. The lowest BCUT2D eigenvalue weighted by molar-refractivity contribution is -0.137. The lowest BCUT2D eigenvalue weighted by atomic mass is 10.0. The molecule has 0 saturated heterocycles. The summed E-state index contributed by atoms with van der Waals surface area (Å²) in [6.07, 6.45) is 3.57. The van der Waals surface area contributed by atoms with Crippen LogP contribution in [0.5, 0.6) is 0 Å². The van der Waals surface area contributed by atoms with E-state index in [1.54, 1.807) is 13.1 Å². The molecular formula is C22H23N5O2. The number of aliphatic carboxylic acids is 1. The second kappa shape index (κ2) is 8.26. The number of nitrogens with one attached hydrogen (secondary N) is 1. The Bertz CT molecular complexity index is 982. The molecule has 3 aromatic rings. The van der Waals surface area contributed by atoms with Crippen molar-refractivity contribution in [1.29, 1.82) is 0 Å². The minimum Gasteiger partial charge on any atom is -0.480 e. The number of aromatic nitrogens is 3. The van der Waals surface area contributed by atoms with E-state index in [0.29, 0.717) is 17.3 Å². The fourth-order valence-corrected chi connectivity index (χ4v) is 3.46. The van der Waals surface area contributed by atoms with Crippen molar-refractivity contribution in [3.05, 3.63) is 65.9 Å². The van der Waals surface area contributed by atoms with Crippen LogP contribution in [0.3, 0.4) is 0 Å². The van der Waals surface area contributed by atoms with Gasteiger partial charge in [-0.3, -0.25) is 9.78 Å². The summed E-state index contributed by atoms with van der Waals surface area (Å²) < 4.78 is 0. The minimum absolute atomic E-state index is 0.477. The van der Waals surface area contributed by atoms with Crippen molar-refractivity contribution in [2.24, 2.45) is 0 Å². The summed E-state index contributed by atoms with van der Waals surface area (Å²) in [5.41, 5.74) is 3.39. The highest BCUT2D eigenvalue weighted by molar-refractivity contribution is 5.76. The number of anilines is 2. The molecule has 1 unspecified atom stereocenters. The lowest BCUT2D eigenvalue weighted by Gasteiger charge is -2.23. The van der Waals surface area contributed by atoms with Crippen LogP contribution in [0.4, 0.5) is 11.6 Å². The second-order valence-corrected chi connectivity index (χ2v) is 7.11. The molecule has 2 aromatic heterocycles. The number of hydrogen-bond acceptors (Lipinski definition) is 6. The first-order valence-corrected chi connectivity index (χ1v) is 9.72. The van der Waals surface area contributed by atoms with Gasteiger partial charge in [0.1, 0.15) is 23.4 Å². The molecule has 7 heteroatoms. The summed E-state index contributed by atoms with van der Waals surface area (Å²) in [6.45, 7) is 3.26. The van der Waals surface area contributed by atoms with Gasteiger partial charge in [-0.05, 0) is 43.0 Å². The van der Waals surface area contributed by atoms with Crippen LogP contribution in [0.1, 0.15) is 18.1 Å². The molecule has 0 amide bonds. The summed E-state index contributed by atoms with van der Waals surface area (Å²) in [5.74, 6) is 0.792. The monoisotopic (exact) mass is 389 g/mol. The standard InChI is InChI=1S/C22H23N5O2/c1-15(22(28)29)24-19-14-20(26-21(25-19)18-8-4-5-11-23-18)27-12-9-16-6-2-3-7-17(16)10-13-27/h2-8,11,14-15H,9-10,12-13H2,1H3,(H,28,29)(H,24,25,26). The number of carboxylic acids is 1. The fourth-order valence-electron chi connectivity index (χ4n) is 3.46. The molecule has 0 saturated carbocycles. The summed E-state index contributed by atoms with van der Waals surface area (Å²) in [6, 6.07) is 15.1. The van der Waals surface area contributed by atoms with Crippen LogP contribution in [0.2, 0.25) is 0 Å². The molecule has 1 aliphatic heterocycles. The van der Waals surface area contributed by atoms with Crippen LogP contribution in [-0.4, -0.2) is 45.2 Å². The van der Waals surface area contributed by atoms with Gasteiger partial charge in [-0.2, -0.15) is 0 Å². The number of rotatable bonds is 5. The van der Waals surface area contributed by atoms with Crippen LogP contribution in [0, 0.1) is 0 Å². The van der Waals surface area contributed by atoms with Crippen molar-refractivity contribution in [2.45, 2.75) is 25.8 Å². The number of nitrogens with zero attached hydrogens (tertiary/aromatic N) is 4. The summed E-state index contributed by atoms with van der Waals surface area (Å²) in [7, 11) is 0. The number of carbonyl (C=O) groups is 1. The third-order valence-electron chi connectivity index (χ3n) is 5.09. The van der Waals surface area contributed by atoms with Crippen molar-refractivity contribution in [2.75, 3.05) is 23.3 Å². The molecule has 0 aliphatic carbocycles. The first-order chi connectivity index (χ1) is 14.1. The SMILES string of the molecule is CC(Nc1cc(N2CCc3ccccc3CC2)nc(-c2ccccn2)n1)C(=O)O. The van der Waals surface area contributed by atoms with Gasteiger partial charge in [-0.1, -0.05) is 30.3 Å². The predicted molar refractivity (Wildman–Crippen MR) is 112 cm³/mol. The fraction of sp³-hybridized carbons (Fsp3) is 0.273. The maximum absolute atomic E-state index is 11.3. The zero-order valence-corrected chi connectivity index (χ0v) is 16.2. The Hall–Kier alpha value is -3.48.